The number of hydrogen-bond acceptors (Lipinski definition) is 4. The van der Waals surface area contributed by atoms with Crippen LogP contribution in [0.2, 0.25) is 0 Å². The molecule has 1 rings (SSSR count). The smallest absolute Gasteiger partial charge is 0.306 e. The number of esters is 1. The first-order chi connectivity index (χ1) is 11.5. The second-order valence-electron chi connectivity index (χ2n) is 8.33. The average Bonchev–Trinajstić information content (AvgIpc) is 2.48. The van der Waals surface area contributed by atoms with Crippen molar-refractivity contribution in [2.75, 3.05) is 13.2 Å². The van der Waals surface area contributed by atoms with Gasteiger partial charge in [0.25, 0.3) is 0 Å². The number of ether oxygens (including phenoxy) is 1. The van der Waals surface area contributed by atoms with Crippen LogP contribution in [-0.2, 0) is 31.6 Å². The molecule has 0 bridgehead atoms. The fourth-order valence-corrected chi connectivity index (χ4v) is 2.58. The van der Waals surface area contributed by atoms with E-state index >= 15 is 0 Å². The standard InChI is InChI=1S/C20H31NO4/c1-19(2,3)15-11-14(12-16(18(15)24)20(4,5)6)7-8-17(23)25-10-9-21-13-22/h11-13,24H,7-10H2,1-6H3,(H,21,22). The molecule has 0 atom stereocenters. The number of phenols is 1. The van der Waals surface area contributed by atoms with E-state index < -0.39 is 0 Å². The van der Waals surface area contributed by atoms with E-state index in [1.807, 2.05) is 12.1 Å². The van der Waals surface area contributed by atoms with E-state index in [0.717, 1.165) is 16.7 Å². The van der Waals surface area contributed by atoms with E-state index in [-0.39, 0.29) is 29.8 Å². The van der Waals surface area contributed by atoms with Gasteiger partial charge in [0.2, 0.25) is 6.41 Å². The summed E-state index contributed by atoms with van der Waals surface area (Å²) in [4.78, 5) is 22.0. The number of aryl methyl sites for hydroxylation is 1. The first-order valence-corrected chi connectivity index (χ1v) is 8.66. The van der Waals surface area contributed by atoms with E-state index in [1.165, 1.54) is 0 Å². The number of rotatable bonds is 7. The summed E-state index contributed by atoms with van der Waals surface area (Å²) in [5, 5.41) is 13.1. The Morgan fingerprint density at radius 1 is 1.12 bits per heavy atom. The molecule has 0 heterocycles. The highest BCUT2D eigenvalue weighted by Gasteiger charge is 2.26. The summed E-state index contributed by atoms with van der Waals surface area (Å²) in [5.74, 6) is 0.0432. The molecule has 0 aliphatic rings. The topological polar surface area (TPSA) is 75.6 Å². The Bertz CT molecular complexity index is 574. The van der Waals surface area contributed by atoms with Gasteiger partial charge in [0.1, 0.15) is 12.4 Å². The Morgan fingerprint density at radius 2 is 1.64 bits per heavy atom. The monoisotopic (exact) mass is 349 g/mol. The summed E-state index contributed by atoms with van der Waals surface area (Å²) < 4.78 is 5.07. The lowest BCUT2D eigenvalue weighted by Gasteiger charge is -2.28. The Morgan fingerprint density at radius 3 is 2.08 bits per heavy atom. The summed E-state index contributed by atoms with van der Waals surface area (Å²) in [6.07, 6.45) is 1.39. The second kappa shape index (κ2) is 8.37. The van der Waals surface area contributed by atoms with Crippen LogP contribution in [0.3, 0.4) is 0 Å². The Hall–Kier alpha value is -2.04. The van der Waals surface area contributed by atoms with Gasteiger partial charge in [0, 0.05) is 6.42 Å². The van der Waals surface area contributed by atoms with Crippen molar-refractivity contribution >= 4 is 12.4 Å². The van der Waals surface area contributed by atoms with Gasteiger partial charge >= 0.3 is 5.97 Å². The number of carbonyl (C=O) groups is 2. The van der Waals surface area contributed by atoms with E-state index in [4.69, 9.17) is 4.74 Å². The Balaban J connectivity index is 2.93. The molecule has 140 valence electrons. The predicted molar refractivity (Wildman–Crippen MR) is 98.9 cm³/mol. The maximum Gasteiger partial charge on any atom is 0.306 e. The molecule has 5 nitrogen and oxygen atoms in total. The number of amides is 1. The van der Waals surface area contributed by atoms with Crippen molar-refractivity contribution in [3.05, 3.63) is 28.8 Å². The van der Waals surface area contributed by atoms with Crippen molar-refractivity contribution in [1.82, 2.24) is 5.32 Å². The molecular weight excluding hydrogens is 318 g/mol. The van der Waals surface area contributed by atoms with E-state index in [2.05, 4.69) is 46.9 Å². The highest BCUT2D eigenvalue weighted by atomic mass is 16.5. The SMILES string of the molecule is CC(C)(C)c1cc(CCC(=O)OCCNC=O)cc(C(C)(C)C)c1O. The molecule has 1 aromatic carbocycles. The van der Waals surface area contributed by atoms with Gasteiger partial charge in [-0.2, -0.15) is 0 Å². The van der Waals surface area contributed by atoms with Gasteiger partial charge < -0.3 is 15.2 Å². The van der Waals surface area contributed by atoms with Crippen LogP contribution in [0, 0.1) is 0 Å². The summed E-state index contributed by atoms with van der Waals surface area (Å²) in [5.41, 5.74) is 2.40. The maximum atomic E-state index is 11.8. The number of benzene rings is 1. The van der Waals surface area contributed by atoms with Crippen LogP contribution < -0.4 is 5.32 Å². The van der Waals surface area contributed by atoms with Crippen LogP contribution in [0.5, 0.6) is 5.75 Å². The quantitative estimate of drug-likeness (QED) is 0.450. The molecule has 2 N–H and O–H groups in total. The second-order valence-corrected chi connectivity index (χ2v) is 8.33. The minimum Gasteiger partial charge on any atom is -0.507 e. The minimum atomic E-state index is -0.296. The molecular formula is C20H31NO4. The number of carbonyl (C=O) groups excluding carboxylic acids is 2. The van der Waals surface area contributed by atoms with Gasteiger partial charge in [0.15, 0.2) is 0 Å². The number of hydrogen-bond donors (Lipinski definition) is 2. The molecule has 0 saturated carbocycles. The molecule has 0 saturated heterocycles. The van der Waals surface area contributed by atoms with Gasteiger partial charge in [0.05, 0.1) is 6.54 Å². The van der Waals surface area contributed by atoms with Gasteiger partial charge in [-0.25, -0.2) is 0 Å². The lowest BCUT2D eigenvalue weighted by Crippen LogP contribution is -2.20. The summed E-state index contributed by atoms with van der Waals surface area (Å²) in [7, 11) is 0. The maximum absolute atomic E-state index is 11.8. The highest BCUT2D eigenvalue weighted by Crippen LogP contribution is 2.39. The number of nitrogens with one attached hydrogen (secondary N) is 1. The fraction of sp³-hybridized carbons (Fsp3) is 0.600. The molecule has 0 unspecified atom stereocenters. The molecule has 1 aromatic rings. The van der Waals surface area contributed by atoms with E-state index in [0.29, 0.717) is 25.1 Å². The molecule has 0 spiro atoms. The molecule has 0 aliphatic carbocycles. The van der Waals surface area contributed by atoms with Crippen molar-refractivity contribution in [3.63, 3.8) is 0 Å². The third-order valence-corrected chi connectivity index (χ3v) is 4.00. The average molecular weight is 349 g/mol. The summed E-state index contributed by atoms with van der Waals surface area (Å²) in [6, 6.07) is 3.96. The molecule has 5 heteroatoms. The fourth-order valence-electron chi connectivity index (χ4n) is 2.58. The highest BCUT2D eigenvalue weighted by molar-refractivity contribution is 5.69. The van der Waals surface area contributed by atoms with E-state index in [1.54, 1.807) is 0 Å². The first-order valence-electron chi connectivity index (χ1n) is 8.66. The third-order valence-electron chi connectivity index (χ3n) is 4.00. The zero-order valence-electron chi connectivity index (χ0n) is 16.2. The van der Waals surface area contributed by atoms with Crippen molar-refractivity contribution in [1.29, 1.82) is 0 Å². The normalized spacial score (nSPS) is 11.9. The van der Waals surface area contributed by atoms with Gasteiger partial charge in [-0.1, -0.05) is 53.7 Å². The third kappa shape index (κ3) is 6.40. The van der Waals surface area contributed by atoms with Crippen molar-refractivity contribution < 1.29 is 19.4 Å². The van der Waals surface area contributed by atoms with Gasteiger partial charge in [-0.05, 0) is 33.9 Å². The molecule has 25 heavy (non-hydrogen) atoms. The molecule has 0 fully saturated rings. The predicted octanol–water partition coefficient (Wildman–Crippen LogP) is 3.21. The van der Waals surface area contributed by atoms with Crippen molar-refractivity contribution in [3.8, 4) is 5.75 Å². The molecule has 0 radical (unpaired) electrons. The lowest BCUT2D eigenvalue weighted by molar-refractivity contribution is -0.143. The summed E-state index contributed by atoms with van der Waals surface area (Å²) >= 11 is 0. The van der Waals surface area contributed by atoms with Crippen molar-refractivity contribution in [2.45, 2.75) is 65.2 Å². The lowest BCUT2D eigenvalue weighted by atomic mass is 9.78. The number of aromatic hydroxyl groups is 1. The van der Waals surface area contributed by atoms with Crippen LogP contribution in [0.15, 0.2) is 12.1 Å². The van der Waals surface area contributed by atoms with Crippen LogP contribution in [-0.4, -0.2) is 30.6 Å². The van der Waals surface area contributed by atoms with E-state index in [9.17, 15) is 14.7 Å². The van der Waals surface area contributed by atoms with Crippen molar-refractivity contribution in [2.24, 2.45) is 0 Å². The van der Waals surface area contributed by atoms with Gasteiger partial charge in [-0.3, -0.25) is 9.59 Å². The Labute approximate surface area is 150 Å². The molecule has 0 aliphatic heterocycles. The van der Waals surface area contributed by atoms with Crippen LogP contribution in [0.4, 0.5) is 0 Å². The summed E-state index contributed by atoms with van der Waals surface area (Å²) in [6.45, 7) is 12.9. The zero-order chi connectivity index (χ0) is 19.3. The van der Waals surface area contributed by atoms with Crippen LogP contribution in [0.25, 0.3) is 0 Å². The van der Waals surface area contributed by atoms with Crippen LogP contribution >= 0.6 is 0 Å². The minimum absolute atomic E-state index is 0.174. The zero-order valence-corrected chi connectivity index (χ0v) is 16.2. The van der Waals surface area contributed by atoms with Gasteiger partial charge in [-0.15, -0.1) is 0 Å². The molecule has 1 amide bonds. The van der Waals surface area contributed by atoms with Crippen LogP contribution in [0.1, 0.15) is 64.7 Å². The largest absolute Gasteiger partial charge is 0.507 e. The first kappa shape index (κ1) is 21.0. The Kier molecular flexibility index (Phi) is 7.03. The molecule has 0 aromatic heterocycles. The number of phenolic OH excluding ortho intramolecular Hbond substituents is 1.